The smallest absolute Gasteiger partial charge is 0.227 e. The van der Waals surface area contributed by atoms with Crippen molar-refractivity contribution in [3.63, 3.8) is 0 Å². The molecule has 25 heavy (non-hydrogen) atoms. The summed E-state index contributed by atoms with van der Waals surface area (Å²) >= 11 is 0. The SMILES string of the molecule is CN=C(NCCC(=O)Nc1ccc(C)cn1)NCCN1CCCCC1. The van der Waals surface area contributed by atoms with Crippen LogP contribution >= 0.6 is 0 Å². The van der Waals surface area contributed by atoms with E-state index in [9.17, 15) is 4.79 Å². The highest BCUT2D eigenvalue weighted by Crippen LogP contribution is 2.07. The summed E-state index contributed by atoms with van der Waals surface area (Å²) in [6.07, 6.45) is 6.06. The third kappa shape index (κ3) is 7.51. The molecule has 0 unspecified atom stereocenters. The monoisotopic (exact) mass is 346 g/mol. The summed E-state index contributed by atoms with van der Waals surface area (Å²) in [5.74, 6) is 1.26. The van der Waals surface area contributed by atoms with E-state index in [-0.39, 0.29) is 5.91 Å². The minimum Gasteiger partial charge on any atom is -0.356 e. The first-order valence-corrected chi connectivity index (χ1v) is 9.07. The Kier molecular flexibility index (Phi) is 8.18. The standard InChI is InChI=1S/C18H30N6O/c1-15-6-7-16(22-14-15)23-17(25)8-9-20-18(19-2)21-10-13-24-11-4-3-5-12-24/h6-7,14H,3-5,8-13H2,1-2H3,(H2,19,20,21)(H,22,23,25). The van der Waals surface area contributed by atoms with E-state index in [1.165, 1.54) is 32.4 Å². The van der Waals surface area contributed by atoms with Crippen LogP contribution in [-0.2, 0) is 4.79 Å². The van der Waals surface area contributed by atoms with Gasteiger partial charge in [-0.2, -0.15) is 0 Å². The number of amides is 1. The fourth-order valence-corrected chi connectivity index (χ4v) is 2.78. The Bertz CT molecular complexity index is 551. The number of anilines is 1. The number of pyridine rings is 1. The summed E-state index contributed by atoms with van der Waals surface area (Å²) in [6, 6.07) is 3.73. The Morgan fingerprint density at radius 1 is 1.20 bits per heavy atom. The number of carbonyl (C=O) groups is 1. The van der Waals surface area contributed by atoms with Gasteiger partial charge in [-0.15, -0.1) is 0 Å². The van der Waals surface area contributed by atoms with Crippen LogP contribution in [0.5, 0.6) is 0 Å². The summed E-state index contributed by atoms with van der Waals surface area (Å²) in [5.41, 5.74) is 1.07. The molecule has 3 N–H and O–H groups in total. The van der Waals surface area contributed by atoms with E-state index in [0.717, 1.165) is 24.6 Å². The summed E-state index contributed by atoms with van der Waals surface area (Å²) in [5, 5.41) is 9.26. The molecule has 0 radical (unpaired) electrons. The van der Waals surface area contributed by atoms with Crippen molar-refractivity contribution in [1.29, 1.82) is 0 Å². The van der Waals surface area contributed by atoms with Crippen LogP contribution in [0, 0.1) is 6.92 Å². The molecular formula is C18H30N6O. The fraction of sp³-hybridized carbons (Fsp3) is 0.611. The highest BCUT2D eigenvalue weighted by Gasteiger charge is 2.09. The van der Waals surface area contributed by atoms with Crippen LogP contribution in [0.3, 0.4) is 0 Å². The fourth-order valence-electron chi connectivity index (χ4n) is 2.78. The third-order valence-corrected chi connectivity index (χ3v) is 4.22. The largest absolute Gasteiger partial charge is 0.356 e. The van der Waals surface area contributed by atoms with Crippen LogP contribution in [0.15, 0.2) is 23.3 Å². The van der Waals surface area contributed by atoms with Crippen molar-refractivity contribution in [2.45, 2.75) is 32.6 Å². The van der Waals surface area contributed by atoms with Crippen LogP contribution in [0.4, 0.5) is 5.82 Å². The van der Waals surface area contributed by atoms with E-state index in [1.807, 2.05) is 19.1 Å². The minimum absolute atomic E-state index is 0.0624. The predicted molar refractivity (Wildman–Crippen MR) is 102 cm³/mol. The van der Waals surface area contributed by atoms with Crippen molar-refractivity contribution in [3.8, 4) is 0 Å². The molecule has 0 aromatic carbocycles. The van der Waals surface area contributed by atoms with E-state index in [2.05, 4.69) is 30.8 Å². The van der Waals surface area contributed by atoms with Gasteiger partial charge in [0.1, 0.15) is 5.82 Å². The van der Waals surface area contributed by atoms with Crippen LogP contribution in [-0.4, -0.2) is 61.5 Å². The lowest BCUT2D eigenvalue weighted by molar-refractivity contribution is -0.116. The number of hydrogen-bond donors (Lipinski definition) is 3. The Morgan fingerprint density at radius 3 is 2.64 bits per heavy atom. The second-order valence-electron chi connectivity index (χ2n) is 6.35. The predicted octanol–water partition coefficient (Wildman–Crippen LogP) is 1.37. The summed E-state index contributed by atoms with van der Waals surface area (Å²) in [6.45, 7) is 6.77. The molecule has 0 aliphatic carbocycles. The minimum atomic E-state index is -0.0624. The van der Waals surface area contributed by atoms with Gasteiger partial charge in [0, 0.05) is 39.3 Å². The number of nitrogens with zero attached hydrogens (tertiary/aromatic N) is 3. The molecule has 0 spiro atoms. The first kappa shape index (κ1) is 19.2. The zero-order chi connectivity index (χ0) is 17.9. The molecule has 1 fully saturated rings. The molecule has 0 bridgehead atoms. The van der Waals surface area contributed by atoms with Gasteiger partial charge >= 0.3 is 0 Å². The summed E-state index contributed by atoms with van der Waals surface area (Å²) < 4.78 is 0. The maximum Gasteiger partial charge on any atom is 0.227 e. The van der Waals surface area contributed by atoms with E-state index in [4.69, 9.17) is 0 Å². The molecule has 1 saturated heterocycles. The van der Waals surface area contributed by atoms with Gasteiger partial charge in [-0.1, -0.05) is 12.5 Å². The molecular weight excluding hydrogens is 316 g/mol. The number of aliphatic imine (C=N–C) groups is 1. The zero-order valence-corrected chi connectivity index (χ0v) is 15.3. The second kappa shape index (κ2) is 10.7. The molecule has 0 saturated carbocycles. The quantitative estimate of drug-likeness (QED) is 0.513. The Hall–Kier alpha value is -2.15. The summed E-state index contributed by atoms with van der Waals surface area (Å²) in [7, 11) is 1.74. The Labute approximate surface area is 150 Å². The van der Waals surface area contributed by atoms with Gasteiger partial charge in [-0.25, -0.2) is 4.98 Å². The number of nitrogens with one attached hydrogen (secondary N) is 3. The molecule has 1 aromatic heterocycles. The average molecular weight is 346 g/mol. The maximum absolute atomic E-state index is 11.9. The molecule has 2 rings (SSSR count). The number of aryl methyl sites for hydroxylation is 1. The van der Waals surface area contributed by atoms with Crippen molar-refractivity contribution in [1.82, 2.24) is 20.5 Å². The molecule has 138 valence electrons. The highest BCUT2D eigenvalue weighted by atomic mass is 16.1. The van der Waals surface area contributed by atoms with Crippen LogP contribution in [0.2, 0.25) is 0 Å². The molecule has 2 heterocycles. The van der Waals surface area contributed by atoms with Crippen LogP contribution in [0.1, 0.15) is 31.2 Å². The number of carbonyl (C=O) groups excluding carboxylic acids is 1. The lowest BCUT2D eigenvalue weighted by Gasteiger charge is -2.26. The molecule has 1 amide bonds. The topological polar surface area (TPSA) is 81.6 Å². The van der Waals surface area contributed by atoms with Gasteiger partial charge in [-0.3, -0.25) is 9.79 Å². The van der Waals surface area contributed by atoms with Gasteiger partial charge in [0.25, 0.3) is 0 Å². The van der Waals surface area contributed by atoms with Crippen molar-refractivity contribution in [2.75, 3.05) is 45.1 Å². The number of aromatic nitrogens is 1. The summed E-state index contributed by atoms with van der Waals surface area (Å²) in [4.78, 5) is 22.8. The Balaban J connectivity index is 1.59. The van der Waals surface area contributed by atoms with Crippen LogP contribution < -0.4 is 16.0 Å². The molecule has 7 nitrogen and oxygen atoms in total. The molecule has 1 aliphatic rings. The van der Waals surface area contributed by atoms with Gasteiger partial charge in [0.2, 0.25) is 5.91 Å². The number of guanidine groups is 1. The first-order chi connectivity index (χ1) is 12.2. The zero-order valence-electron chi connectivity index (χ0n) is 15.3. The first-order valence-electron chi connectivity index (χ1n) is 9.07. The number of rotatable bonds is 7. The van der Waals surface area contributed by atoms with Gasteiger partial charge in [-0.05, 0) is 44.5 Å². The number of piperidine rings is 1. The van der Waals surface area contributed by atoms with Gasteiger partial charge < -0.3 is 20.9 Å². The number of hydrogen-bond acceptors (Lipinski definition) is 4. The Morgan fingerprint density at radius 2 is 1.96 bits per heavy atom. The van der Waals surface area contributed by atoms with E-state index >= 15 is 0 Å². The van der Waals surface area contributed by atoms with Crippen molar-refractivity contribution < 1.29 is 4.79 Å². The third-order valence-electron chi connectivity index (χ3n) is 4.22. The van der Waals surface area contributed by atoms with E-state index in [0.29, 0.717) is 18.8 Å². The van der Waals surface area contributed by atoms with Gasteiger partial charge in [0.15, 0.2) is 5.96 Å². The maximum atomic E-state index is 11.9. The second-order valence-corrected chi connectivity index (χ2v) is 6.35. The average Bonchev–Trinajstić information content (AvgIpc) is 2.63. The van der Waals surface area contributed by atoms with E-state index in [1.54, 1.807) is 13.2 Å². The van der Waals surface area contributed by atoms with Gasteiger partial charge in [0.05, 0.1) is 0 Å². The van der Waals surface area contributed by atoms with E-state index < -0.39 is 0 Å². The highest BCUT2D eigenvalue weighted by molar-refractivity contribution is 5.90. The lowest BCUT2D eigenvalue weighted by Crippen LogP contribution is -2.43. The molecule has 1 aliphatic heterocycles. The lowest BCUT2D eigenvalue weighted by atomic mass is 10.1. The normalized spacial score (nSPS) is 15.7. The van der Waals surface area contributed by atoms with Crippen LogP contribution in [0.25, 0.3) is 0 Å². The molecule has 7 heteroatoms. The van der Waals surface area contributed by atoms with Crippen molar-refractivity contribution in [3.05, 3.63) is 23.9 Å². The number of likely N-dealkylation sites (tertiary alicyclic amines) is 1. The molecule has 1 aromatic rings. The van der Waals surface area contributed by atoms with Crippen molar-refractivity contribution >= 4 is 17.7 Å². The van der Waals surface area contributed by atoms with Crippen molar-refractivity contribution in [2.24, 2.45) is 4.99 Å². The molecule has 0 atom stereocenters.